The Bertz CT molecular complexity index is 1000. The fourth-order valence-electron chi connectivity index (χ4n) is 4.14. The Hall–Kier alpha value is -3.10. The molecule has 0 radical (unpaired) electrons. The van der Waals surface area contributed by atoms with Gasteiger partial charge in [0.25, 0.3) is 5.91 Å². The van der Waals surface area contributed by atoms with Gasteiger partial charge in [0.05, 0.1) is 31.4 Å². The summed E-state index contributed by atoms with van der Waals surface area (Å²) in [6.45, 7) is 8.05. The second-order valence-electron chi connectivity index (χ2n) is 7.86. The van der Waals surface area contributed by atoms with Crippen molar-refractivity contribution in [2.45, 2.75) is 19.9 Å². The molecule has 2 aromatic rings. The first-order valence-corrected chi connectivity index (χ1v) is 10.9. The molecule has 1 aromatic heterocycles. The highest BCUT2D eigenvalue weighted by atomic mass is 16.5. The minimum absolute atomic E-state index is 0.0375. The number of ether oxygens (including phenoxy) is 2. The number of hydrogen-bond donors (Lipinski definition) is 1. The Balaban J connectivity index is 1.66. The van der Waals surface area contributed by atoms with E-state index in [0.29, 0.717) is 44.4 Å². The number of rotatable bonds is 8. The quantitative estimate of drug-likeness (QED) is 0.631. The number of morpholine rings is 1. The van der Waals surface area contributed by atoms with Crippen molar-refractivity contribution in [2.24, 2.45) is 0 Å². The molecular weight excluding hydrogens is 412 g/mol. The highest BCUT2D eigenvalue weighted by molar-refractivity contribution is 6.15. The van der Waals surface area contributed by atoms with Crippen LogP contribution in [-0.2, 0) is 9.53 Å². The van der Waals surface area contributed by atoms with Crippen LogP contribution in [0.2, 0.25) is 0 Å². The van der Waals surface area contributed by atoms with Crippen molar-refractivity contribution in [3.8, 4) is 5.75 Å². The van der Waals surface area contributed by atoms with E-state index in [1.807, 2.05) is 19.1 Å². The number of carbonyl (C=O) groups excluding carboxylic acids is 2. The molecule has 2 aliphatic rings. The van der Waals surface area contributed by atoms with Crippen LogP contribution in [-0.4, -0.2) is 72.6 Å². The molecule has 0 aliphatic carbocycles. The van der Waals surface area contributed by atoms with E-state index in [4.69, 9.17) is 13.9 Å². The molecule has 8 heteroatoms. The molecule has 0 unspecified atom stereocenters. The van der Waals surface area contributed by atoms with Gasteiger partial charge in [0, 0.05) is 26.2 Å². The Labute approximate surface area is 187 Å². The van der Waals surface area contributed by atoms with E-state index in [9.17, 15) is 14.7 Å². The molecule has 170 valence electrons. The molecule has 1 aromatic carbocycles. The molecule has 0 bridgehead atoms. The number of benzene rings is 1. The van der Waals surface area contributed by atoms with E-state index in [-0.39, 0.29) is 11.3 Å². The van der Waals surface area contributed by atoms with Gasteiger partial charge in [-0.2, -0.15) is 0 Å². The van der Waals surface area contributed by atoms with E-state index in [2.05, 4.69) is 4.90 Å². The second-order valence-corrected chi connectivity index (χ2v) is 7.86. The molecule has 1 atom stereocenters. The number of aryl methyl sites for hydroxylation is 1. The molecule has 0 spiro atoms. The number of Topliss-reactive ketones (excluding diaryl/α,β-unsaturated/α-hetero) is 1. The first-order chi connectivity index (χ1) is 15.5. The maximum absolute atomic E-state index is 13.3. The van der Waals surface area contributed by atoms with Gasteiger partial charge in [0.1, 0.15) is 11.5 Å². The zero-order chi connectivity index (χ0) is 22.7. The fraction of sp³-hybridized carbons (Fsp3) is 0.417. The number of aliphatic hydroxyl groups excluding tert-OH is 1. The molecule has 1 saturated heterocycles. The molecular formula is C24H28N2O6. The normalized spacial score (nSPS) is 19.6. The number of hydrogen-bond acceptors (Lipinski definition) is 7. The summed E-state index contributed by atoms with van der Waals surface area (Å²) in [6, 6.07) is 9.79. The Morgan fingerprint density at radius 2 is 1.84 bits per heavy atom. The van der Waals surface area contributed by atoms with E-state index < -0.39 is 23.5 Å². The first kappa shape index (κ1) is 22.1. The summed E-state index contributed by atoms with van der Waals surface area (Å²) in [6.07, 6.45) is 0. The van der Waals surface area contributed by atoms with Gasteiger partial charge in [-0.1, -0.05) is 12.1 Å². The lowest BCUT2D eigenvalue weighted by atomic mass is 9.95. The molecule has 4 rings (SSSR count). The summed E-state index contributed by atoms with van der Waals surface area (Å²) < 4.78 is 16.4. The maximum Gasteiger partial charge on any atom is 0.290 e. The highest BCUT2D eigenvalue weighted by Gasteiger charge is 2.44. The van der Waals surface area contributed by atoms with Crippen LogP contribution in [0.25, 0.3) is 0 Å². The van der Waals surface area contributed by atoms with Crippen LogP contribution in [0.4, 0.5) is 0 Å². The van der Waals surface area contributed by atoms with Gasteiger partial charge >= 0.3 is 0 Å². The number of nitrogens with zero attached hydrogens (tertiary/aromatic N) is 2. The van der Waals surface area contributed by atoms with Gasteiger partial charge < -0.3 is 23.9 Å². The van der Waals surface area contributed by atoms with Crippen molar-refractivity contribution >= 4 is 11.7 Å². The van der Waals surface area contributed by atoms with Crippen molar-refractivity contribution in [3.05, 3.63) is 64.8 Å². The van der Waals surface area contributed by atoms with Crippen LogP contribution in [0.1, 0.15) is 34.8 Å². The zero-order valence-electron chi connectivity index (χ0n) is 18.4. The SMILES string of the molecule is CCOc1ccc([C@@H]2C(C(=O)c3ccc(C)o3)=C(O)C(=O)N2CCN2CCOCC2)cc1. The van der Waals surface area contributed by atoms with Crippen LogP contribution in [0.3, 0.4) is 0 Å². The number of amides is 1. The molecule has 8 nitrogen and oxygen atoms in total. The van der Waals surface area contributed by atoms with E-state index in [0.717, 1.165) is 18.7 Å². The minimum Gasteiger partial charge on any atom is -0.503 e. The number of furan rings is 1. The largest absolute Gasteiger partial charge is 0.503 e. The van der Waals surface area contributed by atoms with Crippen molar-refractivity contribution in [1.82, 2.24) is 9.80 Å². The van der Waals surface area contributed by atoms with Gasteiger partial charge in [0.15, 0.2) is 11.5 Å². The third kappa shape index (κ3) is 4.42. The van der Waals surface area contributed by atoms with E-state index in [1.165, 1.54) is 0 Å². The predicted molar refractivity (Wildman–Crippen MR) is 117 cm³/mol. The van der Waals surface area contributed by atoms with Crippen molar-refractivity contribution < 1.29 is 28.6 Å². The molecule has 1 fully saturated rings. The highest BCUT2D eigenvalue weighted by Crippen LogP contribution is 2.39. The Morgan fingerprint density at radius 1 is 1.12 bits per heavy atom. The summed E-state index contributed by atoms with van der Waals surface area (Å²) in [7, 11) is 0. The van der Waals surface area contributed by atoms with E-state index in [1.54, 1.807) is 36.1 Å². The minimum atomic E-state index is -0.711. The lowest BCUT2D eigenvalue weighted by molar-refractivity contribution is -0.129. The standard InChI is InChI=1S/C24H28N2O6/c1-3-31-18-7-5-17(6-8-18)21-20(22(27)19-9-4-16(2)32-19)23(28)24(29)26(21)11-10-25-12-14-30-15-13-25/h4-9,21,28H,3,10-15H2,1-2H3/t21-/m1/s1. The third-order valence-electron chi connectivity index (χ3n) is 5.78. The van der Waals surface area contributed by atoms with Crippen molar-refractivity contribution in [1.29, 1.82) is 0 Å². The summed E-state index contributed by atoms with van der Waals surface area (Å²) >= 11 is 0. The maximum atomic E-state index is 13.3. The van der Waals surface area contributed by atoms with Crippen LogP contribution in [0, 0.1) is 6.92 Å². The lowest BCUT2D eigenvalue weighted by Crippen LogP contribution is -2.43. The smallest absolute Gasteiger partial charge is 0.290 e. The van der Waals surface area contributed by atoms with Gasteiger partial charge in [-0.05, 0) is 43.7 Å². The fourth-order valence-corrected chi connectivity index (χ4v) is 4.14. The Kier molecular flexibility index (Phi) is 6.62. The van der Waals surface area contributed by atoms with Crippen LogP contribution < -0.4 is 4.74 Å². The van der Waals surface area contributed by atoms with Crippen LogP contribution in [0.15, 0.2) is 52.1 Å². The zero-order valence-corrected chi connectivity index (χ0v) is 18.4. The number of ketones is 1. The summed E-state index contributed by atoms with van der Waals surface area (Å²) in [5, 5.41) is 10.7. The van der Waals surface area contributed by atoms with Gasteiger partial charge in [-0.25, -0.2) is 0 Å². The molecule has 32 heavy (non-hydrogen) atoms. The third-order valence-corrected chi connectivity index (χ3v) is 5.78. The monoisotopic (exact) mass is 440 g/mol. The van der Waals surface area contributed by atoms with E-state index >= 15 is 0 Å². The molecule has 3 heterocycles. The topological polar surface area (TPSA) is 92.5 Å². The Morgan fingerprint density at radius 3 is 2.47 bits per heavy atom. The average Bonchev–Trinajstić information content (AvgIpc) is 3.35. The van der Waals surface area contributed by atoms with Crippen molar-refractivity contribution in [3.63, 3.8) is 0 Å². The first-order valence-electron chi connectivity index (χ1n) is 10.9. The summed E-state index contributed by atoms with van der Waals surface area (Å²) in [5.41, 5.74) is 0.759. The van der Waals surface area contributed by atoms with Gasteiger partial charge in [-0.15, -0.1) is 0 Å². The molecule has 1 amide bonds. The van der Waals surface area contributed by atoms with Gasteiger partial charge in [0.2, 0.25) is 5.78 Å². The number of aliphatic hydroxyl groups is 1. The molecule has 1 N–H and O–H groups in total. The van der Waals surface area contributed by atoms with Gasteiger partial charge in [-0.3, -0.25) is 14.5 Å². The number of carbonyl (C=O) groups is 2. The molecule has 2 aliphatic heterocycles. The van der Waals surface area contributed by atoms with Crippen LogP contribution >= 0.6 is 0 Å². The lowest BCUT2D eigenvalue weighted by Gasteiger charge is -2.31. The summed E-state index contributed by atoms with van der Waals surface area (Å²) in [4.78, 5) is 30.1. The average molecular weight is 440 g/mol. The predicted octanol–water partition coefficient (Wildman–Crippen LogP) is 2.90. The molecule has 0 saturated carbocycles. The second kappa shape index (κ2) is 9.58. The van der Waals surface area contributed by atoms with Crippen LogP contribution in [0.5, 0.6) is 5.75 Å². The van der Waals surface area contributed by atoms with Crippen molar-refractivity contribution in [2.75, 3.05) is 46.0 Å². The summed E-state index contributed by atoms with van der Waals surface area (Å²) in [5.74, 6) is -0.184.